The van der Waals surface area contributed by atoms with E-state index in [1.54, 1.807) is 19.2 Å². The van der Waals surface area contributed by atoms with Crippen LogP contribution in [0.25, 0.3) is 0 Å². The topological polar surface area (TPSA) is 99.2 Å². The van der Waals surface area contributed by atoms with E-state index in [0.29, 0.717) is 5.69 Å². The van der Waals surface area contributed by atoms with Crippen LogP contribution in [-0.4, -0.2) is 39.4 Å². The molecule has 7 heteroatoms. The highest BCUT2D eigenvalue weighted by molar-refractivity contribution is 6.04. The number of rotatable bonds is 3. The van der Waals surface area contributed by atoms with Gasteiger partial charge in [0.1, 0.15) is 0 Å². The molecule has 18 heavy (non-hydrogen) atoms. The van der Waals surface area contributed by atoms with Gasteiger partial charge in [-0.2, -0.15) is 15.4 Å². The zero-order valence-corrected chi connectivity index (χ0v) is 9.49. The molecule has 2 aromatic rings. The number of aromatic carboxylic acids is 1. The number of aromatic nitrogens is 3. The van der Waals surface area contributed by atoms with Crippen LogP contribution in [0, 0.1) is 0 Å². The molecule has 0 spiro atoms. The number of carbonyl (C=O) groups is 2. The molecule has 1 aromatic heterocycles. The van der Waals surface area contributed by atoms with Gasteiger partial charge < -0.3 is 10.0 Å². The molecule has 0 aliphatic rings. The summed E-state index contributed by atoms with van der Waals surface area (Å²) < 4.78 is 0. The van der Waals surface area contributed by atoms with Gasteiger partial charge in [0, 0.05) is 12.7 Å². The normalized spacial score (nSPS) is 10.1. The van der Waals surface area contributed by atoms with Crippen molar-refractivity contribution in [2.24, 2.45) is 0 Å². The van der Waals surface area contributed by atoms with Gasteiger partial charge in [0.15, 0.2) is 5.69 Å². The third-order valence-corrected chi connectivity index (χ3v) is 2.44. The van der Waals surface area contributed by atoms with Gasteiger partial charge in [-0.25, -0.2) is 4.79 Å². The highest BCUT2D eigenvalue weighted by Gasteiger charge is 2.16. The number of H-pyrrole nitrogens is 1. The number of anilines is 1. The van der Waals surface area contributed by atoms with E-state index < -0.39 is 5.97 Å². The summed E-state index contributed by atoms with van der Waals surface area (Å²) in [7, 11) is 1.58. The van der Waals surface area contributed by atoms with Crippen molar-refractivity contribution < 1.29 is 14.7 Å². The Kier molecular flexibility index (Phi) is 3.05. The van der Waals surface area contributed by atoms with Crippen LogP contribution in [0.2, 0.25) is 0 Å². The Morgan fingerprint density at radius 3 is 2.44 bits per heavy atom. The van der Waals surface area contributed by atoms with Crippen molar-refractivity contribution in [3.8, 4) is 0 Å². The lowest BCUT2D eigenvalue weighted by molar-refractivity contribution is 0.0696. The van der Waals surface area contributed by atoms with Crippen molar-refractivity contribution in [2.45, 2.75) is 0 Å². The zero-order chi connectivity index (χ0) is 13.1. The minimum Gasteiger partial charge on any atom is -0.478 e. The van der Waals surface area contributed by atoms with Crippen molar-refractivity contribution >= 4 is 17.6 Å². The summed E-state index contributed by atoms with van der Waals surface area (Å²) in [5, 5.41) is 18.4. The van der Waals surface area contributed by atoms with Gasteiger partial charge in [-0.15, -0.1) is 0 Å². The number of nitrogens with zero attached hydrogens (tertiary/aromatic N) is 3. The molecule has 0 aliphatic heterocycles. The average Bonchev–Trinajstić information content (AvgIpc) is 2.91. The first-order valence-corrected chi connectivity index (χ1v) is 5.07. The molecular formula is C11H10N4O3. The van der Waals surface area contributed by atoms with Crippen molar-refractivity contribution in [2.75, 3.05) is 11.9 Å². The van der Waals surface area contributed by atoms with E-state index in [0.717, 1.165) is 0 Å². The highest BCUT2D eigenvalue weighted by atomic mass is 16.4. The molecule has 0 saturated heterocycles. The lowest BCUT2D eigenvalue weighted by Gasteiger charge is -2.15. The molecule has 7 nitrogen and oxygen atoms in total. The van der Waals surface area contributed by atoms with Crippen molar-refractivity contribution in [3.63, 3.8) is 0 Å². The minimum atomic E-state index is -1.01. The molecule has 92 valence electrons. The SMILES string of the molecule is CN(C(=O)c1cn[nH]n1)c1ccc(C(=O)O)cc1. The Labute approximate surface area is 102 Å². The quantitative estimate of drug-likeness (QED) is 0.833. The second kappa shape index (κ2) is 4.66. The summed E-state index contributed by atoms with van der Waals surface area (Å²) in [6.45, 7) is 0. The molecule has 2 N–H and O–H groups in total. The summed E-state index contributed by atoms with van der Waals surface area (Å²) >= 11 is 0. The molecule has 0 atom stereocenters. The molecule has 0 aliphatic carbocycles. The van der Waals surface area contributed by atoms with Crippen LogP contribution in [0.1, 0.15) is 20.8 Å². The third kappa shape index (κ3) is 2.19. The maximum Gasteiger partial charge on any atom is 0.335 e. The molecule has 1 aromatic carbocycles. The van der Waals surface area contributed by atoms with E-state index in [1.165, 1.54) is 23.2 Å². The Balaban J connectivity index is 2.21. The fourth-order valence-corrected chi connectivity index (χ4v) is 1.42. The second-order valence-electron chi connectivity index (χ2n) is 3.57. The van der Waals surface area contributed by atoms with E-state index in [-0.39, 0.29) is 17.2 Å². The zero-order valence-electron chi connectivity index (χ0n) is 9.49. The number of hydrogen-bond donors (Lipinski definition) is 2. The fourth-order valence-electron chi connectivity index (χ4n) is 1.42. The molecule has 1 heterocycles. The van der Waals surface area contributed by atoms with Crippen LogP contribution in [0.3, 0.4) is 0 Å². The predicted molar refractivity (Wildman–Crippen MR) is 62.5 cm³/mol. The first-order chi connectivity index (χ1) is 8.59. The Morgan fingerprint density at radius 2 is 1.94 bits per heavy atom. The molecule has 0 radical (unpaired) electrons. The van der Waals surface area contributed by atoms with E-state index in [9.17, 15) is 9.59 Å². The first-order valence-electron chi connectivity index (χ1n) is 5.07. The number of hydrogen-bond acceptors (Lipinski definition) is 4. The van der Waals surface area contributed by atoms with Gasteiger partial charge >= 0.3 is 5.97 Å². The van der Waals surface area contributed by atoms with E-state index >= 15 is 0 Å². The van der Waals surface area contributed by atoms with Crippen LogP contribution in [-0.2, 0) is 0 Å². The molecule has 0 saturated carbocycles. The van der Waals surface area contributed by atoms with Crippen molar-refractivity contribution in [1.82, 2.24) is 15.4 Å². The van der Waals surface area contributed by atoms with Crippen LogP contribution >= 0.6 is 0 Å². The molecular weight excluding hydrogens is 236 g/mol. The van der Waals surface area contributed by atoms with Crippen LogP contribution in [0.5, 0.6) is 0 Å². The van der Waals surface area contributed by atoms with E-state index in [1.807, 2.05) is 0 Å². The van der Waals surface area contributed by atoms with Crippen molar-refractivity contribution in [1.29, 1.82) is 0 Å². The summed E-state index contributed by atoms with van der Waals surface area (Å²) in [6, 6.07) is 5.98. The number of nitrogens with one attached hydrogen (secondary N) is 1. The van der Waals surface area contributed by atoms with Gasteiger partial charge in [0.05, 0.1) is 11.8 Å². The van der Waals surface area contributed by atoms with Gasteiger partial charge in [-0.1, -0.05) is 0 Å². The van der Waals surface area contributed by atoms with Crippen molar-refractivity contribution in [3.05, 3.63) is 41.7 Å². The summed E-state index contributed by atoms with van der Waals surface area (Å²) in [5.74, 6) is -1.33. The standard InChI is InChI=1S/C11H10N4O3/c1-15(10(16)9-6-12-14-13-9)8-4-2-7(3-5-8)11(17)18/h2-6H,1H3,(H,17,18)(H,12,13,14). The number of carboxylic acids is 1. The van der Waals surface area contributed by atoms with E-state index in [4.69, 9.17) is 5.11 Å². The molecule has 2 rings (SSSR count). The van der Waals surface area contributed by atoms with Gasteiger partial charge in [-0.3, -0.25) is 4.79 Å². The maximum atomic E-state index is 11.9. The lowest BCUT2D eigenvalue weighted by Crippen LogP contribution is -2.26. The second-order valence-corrected chi connectivity index (χ2v) is 3.57. The maximum absolute atomic E-state index is 11.9. The van der Waals surface area contributed by atoms with Gasteiger partial charge in [0.2, 0.25) is 0 Å². The third-order valence-electron chi connectivity index (χ3n) is 2.44. The Morgan fingerprint density at radius 1 is 1.28 bits per heavy atom. The van der Waals surface area contributed by atoms with Crippen LogP contribution < -0.4 is 4.90 Å². The molecule has 0 fully saturated rings. The predicted octanol–water partition coefficient (Wildman–Crippen LogP) is 0.779. The first kappa shape index (κ1) is 11.8. The number of carboxylic acid groups (broad SMARTS) is 1. The molecule has 0 bridgehead atoms. The van der Waals surface area contributed by atoms with Crippen LogP contribution in [0.15, 0.2) is 30.5 Å². The van der Waals surface area contributed by atoms with Gasteiger partial charge in [0.25, 0.3) is 5.91 Å². The monoisotopic (exact) mass is 246 g/mol. The van der Waals surface area contributed by atoms with E-state index in [2.05, 4.69) is 15.4 Å². The number of carbonyl (C=O) groups excluding carboxylic acids is 1. The van der Waals surface area contributed by atoms with Crippen LogP contribution in [0.4, 0.5) is 5.69 Å². The fraction of sp³-hybridized carbons (Fsp3) is 0.0909. The largest absolute Gasteiger partial charge is 0.478 e. The van der Waals surface area contributed by atoms with Gasteiger partial charge in [-0.05, 0) is 24.3 Å². The molecule has 0 unspecified atom stereocenters. The summed E-state index contributed by atoms with van der Waals surface area (Å²) in [5.41, 5.74) is 0.939. The number of aromatic amines is 1. The Bertz CT molecular complexity index is 562. The Hall–Kier alpha value is -2.70. The summed E-state index contributed by atoms with van der Waals surface area (Å²) in [4.78, 5) is 24.0. The lowest BCUT2D eigenvalue weighted by atomic mass is 10.2. The average molecular weight is 246 g/mol. The minimum absolute atomic E-state index is 0.168. The number of benzene rings is 1. The molecule has 1 amide bonds. The highest BCUT2D eigenvalue weighted by Crippen LogP contribution is 2.15. The number of amides is 1. The smallest absolute Gasteiger partial charge is 0.335 e. The summed E-state index contributed by atoms with van der Waals surface area (Å²) in [6.07, 6.45) is 1.32.